The summed E-state index contributed by atoms with van der Waals surface area (Å²) in [5, 5.41) is 4.19. The molecule has 1 saturated heterocycles. The van der Waals surface area contributed by atoms with Gasteiger partial charge in [0, 0.05) is 36.9 Å². The Kier molecular flexibility index (Phi) is 5.07. The van der Waals surface area contributed by atoms with Crippen molar-refractivity contribution in [1.29, 1.82) is 0 Å². The van der Waals surface area contributed by atoms with Gasteiger partial charge in [0.15, 0.2) is 0 Å². The molecule has 0 unspecified atom stereocenters. The number of nitrogens with one attached hydrogen (secondary N) is 1. The van der Waals surface area contributed by atoms with E-state index in [2.05, 4.69) is 40.0 Å². The number of para-hydroxylation sites is 1. The highest BCUT2D eigenvalue weighted by molar-refractivity contribution is 5.96. The maximum absolute atomic E-state index is 12.6. The Labute approximate surface area is 158 Å². The summed E-state index contributed by atoms with van der Waals surface area (Å²) < 4.78 is 13.4. The van der Waals surface area contributed by atoms with Gasteiger partial charge in [0.25, 0.3) is 5.91 Å². The highest BCUT2D eigenvalue weighted by Crippen LogP contribution is 2.20. The Bertz CT molecular complexity index is 945. The lowest BCUT2D eigenvalue weighted by molar-refractivity contribution is 0.0939. The van der Waals surface area contributed by atoms with Crippen molar-refractivity contribution in [2.24, 2.45) is 0 Å². The number of fused-ring (bicyclic) bond motifs is 1. The number of aryl methyl sites for hydroxylation is 1. The number of nitrogens with zero attached hydrogens (tertiary/aromatic N) is 2. The van der Waals surface area contributed by atoms with E-state index in [4.69, 9.17) is 9.47 Å². The number of carbonyl (C=O) groups is 1. The number of hydrogen-bond acceptors (Lipinski definition) is 4. The zero-order chi connectivity index (χ0) is 18.6. The van der Waals surface area contributed by atoms with Crippen LogP contribution in [-0.2, 0) is 11.3 Å². The second-order valence-electron chi connectivity index (χ2n) is 6.71. The monoisotopic (exact) mass is 365 g/mol. The summed E-state index contributed by atoms with van der Waals surface area (Å²) in [5.41, 5.74) is 2.81. The molecule has 4 rings (SSSR count). The van der Waals surface area contributed by atoms with E-state index in [0.717, 1.165) is 6.42 Å². The molecule has 140 valence electrons. The topological polar surface area (TPSA) is 65.4 Å². The third-order valence-electron chi connectivity index (χ3n) is 4.82. The molecule has 1 aromatic carbocycles. The first kappa shape index (κ1) is 17.5. The van der Waals surface area contributed by atoms with Crippen LogP contribution in [0.25, 0.3) is 10.9 Å². The predicted molar refractivity (Wildman–Crippen MR) is 103 cm³/mol. The molecule has 0 bridgehead atoms. The average Bonchev–Trinajstić information content (AvgIpc) is 3.30. The van der Waals surface area contributed by atoms with Crippen molar-refractivity contribution < 1.29 is 14.3 Å². The van der Waals surface area contributed by atoms with E-state index in [0.29, 0.717) is 37.7 Å². The van der Waals surface area contributed by atoms with E-state index >= 15 is 0 Å². The molecule has 3 aromatic rings. The highest BCUT2D eigenvalue weighted by Gasteiger charge is 2.21. The standard InChI is InChI=1S/C21H23N3O3/c1-15-13-16-5-2-3-7-19(16)24(15)11-10-22-20(25)18-6-4-9-23-21(18)27-17-8-12-26-14-17/h2-7,9,13,17H,8,10-12,14H2,1H3,(H,22,25)/t17-/m0/s1. The van der Waals surface area contributed by atoms with Gasteiger partial charge in [0.05, 0.1) is 13.2 Å². The molecule has 6 nitrogen and oxygen atoms in total. The molecule has 0 radical (unpaired) electrons. The zero-order valence-electron chi connectivity index (χ0n) is 15.4. The Hall–Kier alpha value is -2.86. The average molecular weight is 365 g/mol. The van der Waals surface area contributed by atoms with Crippen LogP contribution in [0, 0.1) is 6.92 Å². The fourth-order valence-corrected chi connectivity index (χ4v) is 3.44. The number of aromatic nitrogens is 2. The molecule has 3 heterocycles. The van der Waals surface area contributed by atoms with Crippen molar-refractivity contribution in [2.75, 3.05) is 19.8 Å². The number of ether oxygens (including phenoxy) is 2. The van der Waals surface area contributed by atoms with Crippen LogP contribution in [0.3, 0.4) is 0 Å². The molecule has 0 spiro atoms. The Morgan fingerprint density at radius 2 is 2.22 bits per heavy atom. The molecule has 27 heavy (non-hydrogen) atoms. The fourth-order valence-electron chi connectivity index (χ4n) is 3.44. The predicted octanol–water partition coefficient (Wildman–Crippen LogP) is 2.94. The van der Waals surface area contributed by atoms with Gasteiger partial charge >= 0.3 is 0 Å². The number of benzene rings is 1. The molecular weight excluding hydrogens is 342 g/mol. The van der Waals surface area contributed by atoms with Gasteiger partial charge in [-0.15, -0.1) is 0 Å². The van der Waals surface area contributed by atoms with Crippen molar-refractivity contribution in [3.05, 3.63) is 59.9 Å². The normalized spacial score (nSPS) is 16.6. The van der Waals surface area contributed by atoms with Gasteiger partial charge < -0.3 is 19.4 Å². The number of amides is 1. The quantitative estimate of drug-likeness (QED) is 0.729. The van der Waals surface area contributed by atoms with Crippen LogP contribution in [0.4, 0.5) is 0 Å². The Morgan fingerprint density at radius 3 is 3.07 bits per heavy atom. The van der Waals surface area contributed by atoms with Crippen LogP contribution < -0.4 is 10.1 Å². The molecule has 0 saturated carbocycles. The van der Waals surface area contributed by atoms with E-state index < -0.39 is 0 Å². The summed E-state index contributed by atoms with van der Waals surface area (Å²) in [6.07, 6.45) is 2.41. The molecule has 6 heteroatoms. The van der Waals surface area contributed by atoms with E-state index in [1.54, 1.807) is 18.3 Å². The van der Waals surface area contributed by atoms with Gasteiger partial charge in [-0.3, -0.25) is 4.79 Å². The van der Waals surface area contributed by atoms with E-state index in [1.807, 2.05) is 12.1 Å². The summed E-state index contributed by atoms with van der Waals surface area (Å²) >= 11 is 0. The smallest absolute Gasteiger partial charge is 0.256 e. The number of pyridine rings is 1. The minimum absolute atomic E-state index is 0.0414. The first-order valence-electron chi connectivity index (χ1n) is 9.25. The van der Waals surface area contributed by atoms with Crippen molar-refractivity contribution in [3.63, 3.8) is 0 Å². The molecule has 1 amide bonds. The lowest BCUT2D eigenvalue weighted by Gasteiger charge is -2.14. The van der Waals surface area contributed by atoms with Gasteiger partial charge in [-0.1, -0.05) is 18.2 Å². The first-order chi connectivity index (χ1) is 13.2. The molecule has 0 aliphatic carbocycles. The third kappa shape index (κ3) is 3.80. The summed E-state index contributed by atoms with van der Waals surface area (Å²) in [6, 6.07) is 13.9. The molecular formula is C21H23N3O3. The summed E-state index contributed by atoms with van der Waals surface area (Å²) in [4.78, 5) is 16.9. The molecule has 1 fully saturated rings. The van der Waals surface area contributed by atoms with Crippen LogP contribution >= 0.6 is 0 Å². The third-order valence-corrected chi connectivity index (χ3v) is 4.82. The maximum Gasteiger partial charge on any atom is 0.256 e. The summed E-state index contributed by atoms with van der Waals surface area (Å²) in [5.74, 6) is 0.194. The number of carbonyl (C=O) groups excluding carboxylic acids is 1. The minimum atomic E-state index is -0.175. The van der Waals surface area contributed by atoms with Crippen molar-refractivity contribution in [1.82, 2.24) is 14.9 Å². The first-order valence-corrected chi connectivity index (χ1v) is 9.25. The SMILES string of the molecule is Cc1cc2ccccc2n1CCNC(=O)c1cccnc1O[C@H]1CCOC1. The Balaban J connectivity index is 1.41. The second-order valence-corrected chi connectivity index (χ2v) is 6.71. The van der Waals surface area contributed by atoms with E-state index in [1.165, 1.54) is 16.6 Å². The Morgan fingerprint density at radius 1 is 1.33 bits per heavy atom. The molecule has 1 N–H and O–H groups in total. The van der Waals surface area contributed by atoms with E-state index in [9.17, 15) is 4.79 Å². The van der Waals surface area contributed by atoms with E-state index in [-0.39, 0.29) is 12.0 Å². The highest BCUT2D eigenvalue weighted by atomic mass is 16.5. The van der Waals surface area contributed by atoms with Crippen LogP contribution in [0.1, 0.15) is 22.5 Å². The zero-order valence-corrected chi connectivity index (χ0v) is 15.4. The summed E-state index contributed by atoms with van der Waals surface area (Å²) in [6.45, 7) is 4.54. The van der Waals surface area contributed by atoms with Gasteiger partial charge in [0.2, 0.25) is 5.88 Å². The molecule has 2 aromatic heterocycles. The van der Waals surface area contributed by atoms with Gasteiger partial charge in [-0.25, -0.2) is 4.98 Å². The molecule has 1 aliphatic heterocycles. The minimum Gasteiger partial charge on any atom is -0.471 e. The number of hydrogen-bond donors (Lipinski definition) is 1. The van der Waals surface area contributed by atoms with Crippen LogP contribution in [0.15, 0.2) is 48.7 Å². The number of rotatable bonds is 6. The molecule has 1 aliphatic rings. The van der Waals surface area contributed by atoms with Crippen molar-refractivity contribution >= 4 is 16.8 Å². The molecule has 1 atom stereocenters. The maximum atomic E-state index is 12.6. The van der Waals surface area contributed by atoms with Crippen molar-refractivity contribution in [3.8, 4) is 5.88 Å². The van der Waals surface area contributed by atoms with Crippen LogP contribution in [0.2, 0.25) is 0 Å². The largest absolute Gasteiger partial charge is 0.471 e. The van der Waals surface area contributed by atoms with Crippen LogP contribution in [-0.4, -0.2) is 41.3 Å². The van der Waals surface area contributed by atoms with Gasteiger partial charge in [-0.05, 0) is 36.6 Å². The second kappa shape index (κ2) is 7.80. The lowest BCUT2D eigenvalue weighted by Crippen LogP contribution is -2.29. The van der Waals surface area contributed by atoms with Crippen molar-refractivity contribution in [2.45, 2.75) is 26.0 Å². The fraction of sp³-hybridized carbons (Fsp3) is 0.333. The summed E-state index contributed by atoms with van der Waals surface area (Å²) in [7, 11) is 0. The van der Waals surface area contributed by atoms with Gasteiger partial charge in [-0.2, -0.15) is 0 Å². The van der Waals surface area contributed by atoms with Crippen LogP contribution in [0.5, 0.6) is 5.88 Å². The lowest BCUT2D eigenvalue weighted by atomic mass is 10.2. The van der Waals surface area contributed by atoms with Gasteiger partial charge in [0.1, 0.15) is 11.7 Å².